The number of aliphatic hydroxyl groups is 1. The molecule has 7 nitrogen and oxygen atoms in total. The van der Waals surface area contributed by atoms with Crippen LogP contribution in [0.4, 0.5) is 5.69 Å². The van der Waals surface area contributed by atoms with Gasteiger partial charge in [-0.15, -0.1) is 0 Å². The fourth-order valence-electron chi connectivity index (χ4n) is 3.79. The lowest BCUT2D eigenvalue weighted by Crippen LogP contribution is -2.29. The van der Waals surface area contributed by atoms with E-state index < -0.39 is 17.7 Å². The average molecular weight is 431 g/mol. The minimum atomic E-state index is -0.947. The Labute approximate surface area is 184 Å². The number of aliphatic hydroxyl groups excluding tert-OH is 1. The SMILES string of the molecule is COc1cccc(N2C(=O)C(=O)/C(=C(\O)c3ccccc3)C2c2ccc(O)c(OC)c2)c1. The van der Waals surface area contributed by atoms with Crippen molar-refractivity contribution in [2.24, 2.45) is 0 Å². The zero-order valence-electron chi connectivity index (χ0n) is 17.5. The zero-order chi connectivity index (χ0) is 22.8. The molecule has 0 saturated carbocycles. The van der Waals surface area contributed by atoms with Gasteiger partial charge in [-0.3, -0.25) is 14.5 Å². The normalized spacial score (nSPS) is 17.4. The van der Waals surface area contributed by atoms with Gasteiger partial charge < -0.3 is 19.7 Å². The minimum Gasteiger partial charge on any atom is -0.507 e. The first-order valence-electron chi connectivity index (χ1n) is 9.83. The summed E-state index contributed by atoms with van der Waals surface area (Å²) < 4.78 is 10.5. The predicted octanol–water partition coefficient (Wildman–Crippen LogP) is 4.04. The van der Waals surface area contributed by atoms with Crippen molar-refractivity contribution in [1.29, 1.82) is 0 Å². The Bertz CT molecular complexity index is 1220. The maximum absolute atomic E-state index is 13.2. The molecule has 1 heterocycles. The van der Waals surface area contributed by atoms with Crippen molar-refractivity contribution in [2.75, 3.05) is 19.1 Å². The van der Waals surface area contributed by atoms with Crippen LogP contribution in [0.2, 0.25) is 0 Å². The summed E-state index contributed by atoms with van der Waals surface area (Å²) in [5.41, 5.74) is 1.26. The summed E-state index contributed by atoms with van der Waals surface area (Å²) in [6.45, 7) is 0. The second-order valence-corrected chi connectivity index (χ2v) is 7.17. The fraction of sp³-hybridized carbons (Fsp3) is 0.120. The van der Waals surface area contributed by atoms with Gasteiger partial charge in [0.2, 0.25) is 0 Å². The molecule has 1 aliphatic heterocycles. The van der Waals surface area contributed by atoms with Crippen LogP contribution in [-0.4, -0.2) is 36.1 Å². The third kappa shape index (κ3) is 3.54. The summed E-state index contributed by atoms with van der Waals surface area (Å²) >= 11 is 0. The van der Waals surface area contributed by atoms with Gasteiger partial charge in [0.05, 0.1) is 25.8 Å². The van der Waals surface area contributed by atoms with Crippen LogP contribution in [0.5, 0.6) is 17.2 Å². The molecule has 1 amide bonds. The molecule has 1 saturated heterocycles. The molecule has 0 aliphatic carbocycles. The first kappa shape index (κ1) is 21.0. The van der Waals surface area contributed by atoms with Gasteiger partial charge in [0, 0.05) is 17.3 Å². The van der Waals surface area contributed by atoms with Crippen molar-refractivity contribution >= 4 is 23.1 Å². The number of amides is 1. The lowest BCUT2D eigenvalue weighted by atomic mass is 9.95. The highest BCUT2D eigenvalue weighted by molar-refractivity contribution is 6.51. The highest BCUT2D eigenvalue weighted by Crippen LogP contribution is 2.44. The molecule has 0 spiro atoms. The van der Waals surface area contributed by atoms with E-state index in [0.717, 1.165) is 0 Å². The van der Waals surface area contributed by atoms with E-state index in [9.17, 15) is 19.8 Å². The quantitative estimate of drug-likeness (QED) is 0.360. The number of anilines is 1. The highest BCUT2D eigenvalue weighted by Gasteiger charge is 2.47. The second kappa shape index (κ2) is 8.47. The van der Waals surface area contributed by atoms with E-state index in [0.29, 0.717) is 22.6 Å². The summed E-state index contributed by atoms with van der Waals surface area (Å²) in [5.74, 6) is -1.28. The Morgan fingerprint density at radius 3 is 2.34 bits per heavy atom. The lowest BCUT2D eigenvalue weighted by molar-refractivity contribution is -0.132. The Morgan fingerprint density at radius 1 is 0.906 bits per heavy atom. The molecule has 0 radical (unpaired) electrons. The number of Topliss-reactive ketones (excluding diaryl/α,β-unsaturated/α-hetero) is 1. The van der Waals surface area contributed by atoms with E-state index >= 15 is 0 Å². The first-order chi connectivity index (χ1) is 15.5. The standard InChI is InChI=1S/C25H21NO6/c1-31-18-10-6-9-17(14-18)26-22(16-11-12-19(27)20(13-16)32-2)21(24(29)25(26)30)23(28)15-7-4-3-5-8-15/h3-14,22,27-28H,1-2H3/b23-21-. The van der Waals surface area contributed by atoms with Crippen molar-refractivity contribution in [3.8, 4) is 17.2 Å². The summed E-state index contributed by atoms with van der Waals surface area (Å²) in [6.07, 6.45) is 0. The molecule has 1 atom stereocenters. The summed E-state index contributed by atoms with van der Waals surface area (Å²) in [6, 6.07) is 18.9. The number of phenols is 1. The number of aromatic hydroxyl groups is 1. The van der Waals surface area contributed by atoms with E-state index in [4.69, 9.17) is 9.47 Å². The molecule has 0 bridgehead atoms. The number of benzene rings is 3. The number of phenolic OH excluding ortho intramolecular Hbond substituents is 1. The summed E-state index contributed by atoms with van der Waals surface area (Å²) in [4.78, 5) is 27.6. The fourth-order valence-corrected chi connectivity index (χ4v) is 3.79. The van der Waals surface area contributed by atoms with E-state index in [2.05, 4.69) is 0 Å². The molecular formula is C25H21NO6. The molecule has 2 N–H and O–H groups in total. The van der Waals surface area contributed by atoms with Gasteiger partial charge in [0.25, 0.3) is 11.7 Å². The Kier molecular flexibility index (Phi) is 5.55. The topological polar surface area (TPSA) is 96.3 Å². The Hall–Kier alpha value is -4.26. The van der Waals surface area contributed by atoms with E-state index in [1.807, 2.05) is 0 Å². The van der Waals surface area contributed by atoms with Crippen LogP contribution in [0.3, 0.4) is 0 Å². The predicted molar refractivity (Wildman–Crippen MR) is 119 cm³/mol. The third-order valence-corrected chi connectivity index (χ3v) is 5.34. The molecule has 0 aromatic heterocycles. The molecular weight excluding hydrogens is 410 g/mol. The Morgan fingerprint density at radius 2 is 1.66 bits per heavy atom. The number of hydrogen-bond donors (Lipinski definition) is 2. The van der Waals surface area contributed by atoms with Crippen LogP contribution in [0.25, 0.3) is 5.76 Å². The number of carbonyl (C=O) groups is 2. The molecule has 3 aromatic rings. The zero-order valence-corrected chi connectivity index (χ0v) is 17.5. The van der Waals surface area contributed by atoms with Crippen molar-refractivity contribution in [3.63, 3.8) is 0 Å². The number of carbonyl (C=O) groups excluding carboxylic acids is 2. The van der Waals surface area contributed by atoms with Crippen LogP contribution >= 0.6 is 0 Å². The minimum absolute atomic E-state index is 0.0586. The van der Waals surface area contributed by atoms with Crippen LogP contribution in [0.15, 0.2) is 78.4 Å². The third-order valence-electron chi connectivity index (χ3n) is 5.34. The molecule has 3 aromatic carbocycles. The number of nitrogens with zero attached hydrogens (tertiary/aromatic N) is 1. The van der Waals surface area contributed by atoms with Crippen molar-refractivity contribution < 1.29 is 29.3 Å². The molecule has 1 aliphatic rings. The van der Waals surface area contributed by atoms with Crippen LogP contribution in [0, 0.1) is 0 Å². The monoisotopic (exact) mass is 431 g/mol. The number of hydrogen-bond acceptors (Lipinski definition) is 6. The highest BCUT2D eigenvalue weighted by atomic mass is 16.5. The summed E-state index contributed by atoms with van der Waals surface area (Å²) in [5, 5.41) is 21.1. The van der Waals surface area contributed by atoms with Crippen molar-refractivity contribution in [1.82, 2.24) is 0 Å². The first-order valence-corrected chi connectivity index (χ1v) is 9.83. The average Bonchev–Trinajstić information content (AvgIpc) is 3.10. The molecule has 162 valence electrons. The number of ether oxygens (including phenoxy) is 2. The maximum atomic E-state index is 13.2. The molecule has 1 fully saturated rings. The van der Waals surface area contributed by atoms with Gasteiger partial charge >= 0.3 is 0 Å². The lowest BCUT2D eigenvalue weighted by Gasteiger charge is -2.26. The largest absolute Gasteiger partial charge is 0.507 e. The molecule has 32 heavy (non-hydrogen) atoms. The molecule has 1 unspecified atom stereocenters. The van der Waals surface area contributed by atoms with Gasteiger partial charge in [-0.05, 0) is 29.8 Å². The van der Waals surface area contributed by atoms with Crippen LogP contribution in [-0.2, 0) is 9.59 Å². The Balaban J connectivity index is 1.97. The number of ketones is 1. The van der Waals surface area contributed by atoms with E-state index in [1.54, 1.807) is 60.7 Å². The number of methoxy groups -OCH3 is 2. The van der Waals surface area contributed by atoms with Gasteiger partial charge in [-0.25, -0.2) is 0 Å². The van der Waals surface area contributed by atoms with E-state index in [1.165, 1.54) is 31.3 Å². The van der Waals surface area contributed by atoms with Crippen LogP contribution < -0.4 is 14.4 Å². The molecule has 4 rings (SSSR count). The molecule has 7 heteroatoms. The van der Waals surface area contributed by atoms with E-state index in [-0.39, 0.29) is 22.8 Å². The van der Waals surface area contributed by atoms with Crippen molar-refractivity contribution in [2.45, 2.75) is 6.04 Å². The van der Waals surface area contributed by atoms with Gasteiger partial charge in [0.15, 0.2) is 11.5 Å². The van der Waals surface area contributed by atoms with Crippen molar-refractivity contribution in [3.05, 3.63) is 89.5 Å². The number of rotatable bonds is 5. The summed E-state index contributed by atoms with van der Waals surface area (Å²) in [7, 11) is 2.91. The second-order valence-electron chi connectivity index (χ2n) is 7.17. The van der Waals surface area contributed by atoms with Crippen LogP contribution in [0.1, 0.15) is 17.2 Å². The maximum Gasteiger partial charge on any atom is 0.300 e. The van der Waals surface area contributed by atoms with Gasteiger partial charge in [-0.2, -0.15) is 0 Å². The van der Waals surface area contributed by atoms with Gasteiger partial charge in [-0.1, -0.05) is 42.5 Å². The smallest absolute Gasteiger partial charge is 0.300 e. The van der Waals surface area contributed by atoms with Gasteiger partial charge in [0.1, 0.15) is 11.5 Å².